The fourth-order valence-electron chi connectivity index (χ4n) is 1.64. The summed E-state index contributed by atoms with van der Waals surface area (Å²) in [5.74, 6) is -0.802. The second kappa shape index (κ2) is 4.93. The minimum atomic E-state index is -0.802. The van der Waals surface area contributed by atoms with E-state index in [4.69, 9.17) is 10.2 Å². The number of carbonyl (C=O) groups is 1. The SMILES string of the molecule is Cc1nn(CCO)c(C)c1CCC(=O)O. The lowest BCUT2D eigenvalue weighted by atomic mass is 10.1. The van der Waals surface area contributed by atoms with Crippen LogP contribution in [-0.2, 0) is 17.8 Å². The number of aromatic nitrogens is 2. The first-order valence-electron chi connectivity index (χ1n) is 4.91. The zero-order valence-corrected chi connectivity index (χ0v) is 9.03. The molecule has 2 N–H and O–H groups in total. The van der Waals surface area contributed by atoms with E-state index in [1.165, 1.54) is 0 Å². The zero-order valence-electron chi connectivity index (χ0n) is 9.03. The predicted octanol–water partition coefficient (Wildman–Crippen LogP) is 0.509. The van der Waals surface area contributed by atoms with Crippen LogP contribution in [0, 0.1) is 13.8 Å². The Hall–Kier alpha value is -1.36. The van der Waals surface area contributed by atoms with Crippen molar-refractivity contribution in [2.75, 3.05) is 6.61 Å². The first-order valence-corrected chi connectivity index (χ1v) is 4.91. The molecule has 0 saturated heterocycles. The van der Waals surface area contributed by atoms with Crippen molar-refractivity contribution in [3.05, 3.63) is 17.0 Å². The molecule has 0 radical (unpaired) electrons. The summed E-state index contributed by atoms with van der Waals surface area (Å²) in [7, 11) is 0. The van der Waals surface area contributed by atoms with Gasteiger partial charge in [-0.05, 0) is 25.8 Å². The van der Waals surface area contributed by atoms with Gasteiger partial charge in [0.2, 0.25) is 0 Å². The number of nitrogens with zero attached hydrogens (tertiary/aromatic N) is 2. The van der Waals surface area contributed by atoms with E-state index in [9.17, 15) is 4.79 Å². The van der Waals surface area contributed by atoms with Crippen molar-refractivity contribution in [1.82, 2.24) is 9.78 Å². The number of hydrogen-bond acceptors (Lipinski definition) is 3. The van der Waals surface area contributed by atoms with Crippen LogP contribution in [0.4, 0.5) is 0 Å². The summed E-state index contributed by atoms with van der Waals surface area (Å²) >= 11 is 0. The summed E-state index contributed by atoms with van der Waals surface area (Å²) in [5, 5.41) is 21.6. The molecule has 0 spiro atoms. The van der Waals surface area contributed by atoms with Crippen LogP contribution in [0.5, 0.6) is 0 Å². The molecule has 5 nitrogen and oxygen atoms in total. The summed E-state index contributed by atoms with van der Waals surface area (Å²) in [4.78, 5) is 10.5. The predicted molar refractivity (Wildman–Crippen MR) is 54.7 cm³/mol. The fourth-order valence-corrected chi connectivity index (χ4v) is 1.64. The smallest absolute Gasteiger partial charge is 0.303 e. The molecule has 0 bridgehead atoms. The minimum Gasteiger partial charge on any atom is -0.481 e. The Morgan fingerprint density at radius 2 is 2.13 bits per heavy atom. The number of aryl methyl sites for hydroxylation is 1. The van der Waals surface area contributed by atoms with E-state index in [1.54, 1.807) is 4.68 Å². The number of carboxylic acid groups (broad SMARTS) is 1. The molecule has 0 fully saturated rings. The Labute approximate surface area is 88.3 Å². The Morgan fingerprint density at radius 1 is 1.47 bits per heavy atom. The van der Waals surface area contributed by atoms with Gasteiger partial charge >= 0.3 is 5.97 Å². The summed E-state index contributed by atoms with van der Waals surface area (Å²) in [6.45, 7) is 4.25. The van der Waals surface area contributed by atoms with Crippen molar-refractivity contribution in [3.63, 3.8) is 0 Å². The maximum atomic E-state index is 10.5. The highest BCUT2D eigenvalue weighted by Gasteiger charge is 2.11. The Kier molecular flexibility index (Phi) is 3.85. The van der Waals surface area contributed by atoms with E-state index in [0.717, 1.165) is 17.0 Å². The maximum absolute atomic E-state index is 10.5. The average molecular weight is 212 g/mol. The van der Waals surface area contributed by atoms with Gasteiger partial charge in [-0.3, -0.25) is 9.48 Å². The third-order valence-electron chi connectivity index (χ3n) is 2.43. The lowest BCUT2D eigenvalue weighted by Gasteiger charge is -2.02. The molecule has 0 atom stereocenters. The number of hydrogen-bond donors (Lipinski definition) is 2. The molecule has 1 aromatic rings. The van der Waals surface area contributed by atoms with E-state index in [-0.39, 0.29) is 13.0 Å². The van der Waals surface area contributed by atoms with Crippen LogP contribution in [0.2, 0.25) is 0 Å². The largest absolute Gasteiger partial charge is 0.481 e. The lowest BCUT2D eigenvalue weighted by Crippen LogP contribution is -2.06. The average Bonchev–Trinajstić information content (AvgIpc) is 2.40. The van der Waals surface area contributed by atoms with Gasteiger partial charge in [0.25, 0.3) is 0 Å². The molecule has 15 heavy (non-hydrogen) atoms. The molecule has 1 aromatic heterocycles. The number of carboxylic acids is 1. The van der Waals surface area contributed by atoms with Gasteiger partial charge in [-0.15, -0.1) is 0 Å². The third-order valence-corrected chi connectivity index (χ3v) is 2.43. The van der Waals surface area contributed by atoms with Crippen LogP contribution in [0.3, 0.4) is 0 Å². The van der Waals surface area contributed by atoms with Gasteiger partial charge in [0, 0.05) is 12.1 Å². The van der Waals surface area contributed by atoms with Crippen molar-refractivity contribution in [1.29, 1.82) is 0 Å². The molecule has 0 aliphatic heterocycles. The van der Waals surface area contributed by atoms with Crippen molar-refractivity contribution in [2.45, 2.75) is 33.2 Å². The molecule has 0 saturated carbocycles. The van der Waals surface area contributed by atoms with Gasteiger partial charge in [0.1, 0.15) is 0 Å². The van der Waals surface area contributed by atoms with E-state index in [1.807, 2.05) is 13.8 Å². The fraction of sp³-hybridized carbons (Fsp3) is 0.600. The normalized spacial score (nSPS) is 10.6. The molecule has 0 aromatic carbocycles. The third kappa shape index (κ3) is 2.79. The van der Waals surface area contributed by atoms with Gasteiger partial charge in [-0.25, -0.2) is 0 Å². The molecule has 5 heteroatoms. The second-order valence-corrected chi connectivity index (χ2v) is 3.49. The summed E-state index contributed by atoms with van der Waals surface area (Å²) in [6.07, 6.45) is 0.616. The summed E-state index contributed by atoms with van der Waals surface area (Å²) in [5.41, 5.74) is 2.77. The molecule has 0 amide bonds. The number of aliphatic hydroxyl groups is 1. The van der Waals surface area contributed by atoms with Crippen molar-refractivity contribution in [2.24, 2.45) is 0 Å². The van der Waals surface area contributed by atoms with Gasteiger partial charge < -0.3 is 10.2 Å². The first-order chi connectivity index (χ1) is 7.06. The van der Waals surface area contributed by atoms with Crippen molar-refractivity contribution < 1.29 is 15.0 Å². The molecule has 0 aliphatic carbocycles. The van der Waals surface area contributed by atoms with Crippen molar-refractivity contribution >= 4 is 5.97 Å². The highest BCUT2D eigenvalue weighted by Crippen LogP contribution is 2.14. The van der Waals surface area contributed by atoms with E-state index in [0.29, 0.717) is 13.0 Å². The molecule has 84 valence electrons. The minimum absolute atomic E-state index is 0.0420. The van der Waals surface area contributed by atoms with Gasteiger partial charge in [0.15, 0.2) is 0 Å². The maximum Gasteiger partial charge on any atom is 0.303 e. The van der Waals surface area contributed by atoms with Crippen LogP contribution in [0.15, 0.2) is 0 Å². The van der Waals surface area contributed by atoms with Gasteiger partial charge in [-0.1, -0.05) is 0 Å². The highest BCUT2D eigenvalue weighted by atomic mass is 16.4. The number of aliphatic carboxylic acids is 1. The molecule has 1 rings (SSSR count). The summed E-state index contributed by atoms with van der Waals surface area (Å²) in [6, 6.07) is 0. The highest BCUT2D eigenvalue weighted by molar-refractivity contribution is 5.67. The van der Waals surface area contributed by atoms with Crippen LogP contribution >= 0.6 is 0 Å². The van der Waals surface area contributed by atoms with Crippen molar-refractivity contribution in [3.8, 4) is 0 Å². The Morgan fingerprint density at radius 3 is 2.67 bits per heavy atom. The lowest BCUT2D eigenvalue weighted by molar-refractivity contribution is -0.136. The van der Waals surface area contributed by atoms with E-state index >= 15 is 0 Å². The quantitative estimate of drug-likeness (QED) is 0.745. The summed E-state index contributed by atoms with van der Waals surface area (Å²) < 4.78 is 1.71. The number of aliphatic hydroxyl groups excluding tert-OH is 1. The standard InChI is InChI=1S/C10H16N2O3/c1-7-9(3-4-10(14)15)8(2)12(11-7)5-6-13/h13H,3-6H2,1-2H3,(H,14,15). The topological polar surface area (TPSA) is 75.3 Å². The number of rotatable bonds is 5. The molecule has 0 unspecified atom stereocenters. The van der Waals surface area contributed by atoms with Crippen LogP contribution in [0.1, 0.15) is 23.4 Å². The van der Waals surface area contributed by atoms with Crippen LogP contribution in [-0.4, -0.2) is 32.6 Å². The monoisotopic (exact) mass is 212 g/mol. The van der Waals surface area contributed by atoms with Crippen LogP contribution < -0.4 is 0 Å². The molecular formula is C10H16N2O3. The molecule has 1 heterocycles. The zero-order chi connectivity index (χ0) is 11.4. The van der Waals surface area contributed by atoms with Crippen LogP contribution in [0.25, 0.3) is 0 Å². The Bertz CT molecular complexity index is 358. The molecular weight excluding hydrogens is 196 g/mol. The van der Waals surface area contributed by atoms with Gasteiger partial charge in [0.05, 0.1) is 18.8 Å². The Balaban J connectivity index is 2.82. The molecule has 0 aliphatic rings. The first kappa shape index (κ1) is 11.7. The second-order valence-electron chi connectivity index (χ2n) is 3.49. The van der Waals surface area contributed by atoms with Gasteiger partial charge in [-0.2, -0.15) is 5.10 Å². The van der Waals surface area contributed by atoms with E-state index in [2.05, 4.69) is 5.10 Å². The van der Waals surface area contributed by atoms with E-state index < -0.39 is 5.97 Å².